The number of carbonyl (C=O) groups excluding carboxylic acids is 2. The van der Waals surface area contributed by atoms with Crippen LogP contribution in [0.2, 0.25) is 5.02 Å². The van der Waals surface area contributed by atoms with Crippen molar-refractivity contribution in [3.05, 3.63) is 23.2 Å². The molecule has 0 aromatic heterocycles. The molecular formula is C17H27ClN4O4S. The quantitative estimate of drug-likeness (QED) is 0.664. The van der Waals surface area contributed by atoms with Gasteiger partial charge in [0.05, 0.1) is 17.6 Å². The lowest BCUT2D eigenvalue weighted by atomic mass is 10.2. The molecule has 1 rings (SSSR count). The van der Waals surface area contributed by atoms with E-state index in [9.17, 15) is 18.0 Å². The molecule has 27 heavy (non-hydrogen) atoms. The van der Waals surface area contributed by atoms with Crippen LogP contribution in [0.25, 0.3) is 0 Å². The zero-order valence-electron chi connectivity index (χ0n) is 16.4. The maximum atomic E-state index is 12.5. The standard InChI is InChI=1S/C17H27ClN4O4S/c1-11(2)19-16(23)10-22(6)12(3)17(24)20-13-7-8-14(18)15(9-13)27(25,26)21(4)5/h7-9,11-12H,10H2,1-6H3,(H,19,23)(H,20,24). The number of hydrogen-bond donors (Lipinski definition) is 2. The van der Waals surface area contributed by atoms with Crippen molar-refractivity contribution in [3.8, 4) is 0 Å². The molecule has 0 saturated carbocycles. The van der Waals surface area contributed by atoms with Gasteiger partial charge < -0.3 is 10.6 Å². The molecule has 0 radical (unpaired) electrons. The van der Waals surface area contributed by atoms with E-state index >= 15 is 0 Å². The minimum absolute atomic E-state index is 0.0150. The number of carbonyl (C=O) groups is 2. The summed E-state index contributed by atoms with van der Waals surface area (Å²) in [7, 11) is 0.715. The van der Waals surface area contributed by atoms with Gasteiger partial charge in [-0.2, -0.15) is 0 Å². The fourth-order valence-electron chi connectivity index (χ4n) is 2.15. The zero-order chi connectivity index (χ0) is 20.9. The Morgan fingerprint density at radius 1 is 1.15 bits per heavy atom. The van der Waals surface area contributed by atoms with Gasteiger partial charge in [0, 0.05) is 25.8 Å². The second kappa shape index (κ2) is 9.50. The minimum Gasteiger partial charge on any atom is -0.353 e. The van der Waals surface area contributed by atoms with Gasteiger partial charge in [-0.15, -0.1) is 0 Å². The van der Waals surface area contributed by atoms with Crippen LogP contribution < -0.4 is 10.6 Å². The molecule has 1 aromatic rings. The molecule has 2 amide bonds. The van der Waals surface area contributed by atoms with Crippen molar-refractivity contribution in [2.24, 2.45) is 0 Å². The van der Waals surface area contributed by atoms with Gasteiger partial charge in [0.1, 0.15) is 4.90 Å². The predicted molar refractivity (Wildman–Crippen MR) is 106 cm³/mol. The Morgan fingerprint density at radius 3 is 2.26 bits per heavy atom. The number of rotatable bonds is 8. The number of sulfonamides is 1. The van der Waals surface area contributed by atoms with Gasteiger partial charge in [0.25, 0.3) is 0 Å². The topological polar surface area (TPSA) is 98.8 Å². The third kappa shape index (κ3) is 6.46. The average molecular weight is 419 g/mol. The number of benzene rings is 1. The van der Waals surface area contributed by atoms with Crippen LogP contribution in [-0.2, 0) is 19.6 Å². The van der Waals surface area contributed by atoms with Crippen molar-refractivity contribution in [1.29, 1.82) is 0 Å². The van der Waals surface area contributed by atoms with E-state index in [1.54, 1.807) is 18.9 Å². The van der Waals surface area contributed by atoms with Crippen LogP contribution in [0.3, 0.4) is 0 Å². The highest BCUT2D eigenvalue weighted by Gasteiger charge is 2.23. The Balaban J connectivity index is 2.89. The Bertz CT molecular complexity index is 796. The number of anilines is 1. The Kier molecular flexibility index (Phi) is 8.22. The van der Waals surface area contributed by atoms with Crippen LogP contribution in [0, 0.1) is 0 Å². The van der Waals surface area contributed by atoms with E-state index in [1.807, 2.05) is 13.8 Å². The van der Waals surface area contributed by atoms with Crippen LogP contribution in [0.4, 0.5) is 5.69 Å². The van der Waals surface area contributed by atoms with Gasteiger partial charge >= 0.3 is 0 Å². The lowest BCUT2D eigenvalue weighted by Gasteiger charge is -2.24. The minimum atomic E-state index is -3.74. The molecule has 0 heterocycles. The summed E-state index contributed by atoms with van der Waals surface area (Å²) in [5.74, 6) is -0.552. The van der Waals surface area contributed by atoms with Crippen molar-refractivity contribution >= 4 is 39.1 Å². The van der Waals surface area contributed by atoms with Crippen molar-refractivity contribution in [3.63, 3.8) is 0 Å². The van der Waals surface area contributed by atoms with Crippen molar-refractivity contribution in [1.82, 2.24) is 14.5 Å². The Hall–Kier alpha value is -1.68. The van der Waals surface area contributed by atoms with Gasteiger partial charge in [-0.1, -0.05) is 11.6 Å². The van der Waals surface area contributed by atoms with Gasteiger partial charge in [0.2, 0.25) is 21.8 Å². The van der Waals surface area contributed by atoms with Gasteiger partial charge in [0.15, 0.2) is 0 Å². The molecule has 1 aromatic carbocycles. The SMILES string of the molecule is CC(C)NC(=O)CN(C)C(C)C(=O)Nc1ccc(Cl)c(S(=O)(=O)N(C)C)c1. The molecule has 0 bridgehead atoms. The van der Waals surface area contributed by atoms with E-state index in [4.69, 9.17) is 11.6 Å². The zero-order valence-corrected chi connectivity index (χ0v) is 18.0. The largest absolute Gasteiger partial charge is 0.353 e. The van der Waals surface area contributed by atoms with E-state index in [0.29, 0.717) is 5.69 Å². The number of nitrogens with one attached hydrogen (secondary N) is 2. The number of nitrogens with zero attached hydrogens (tertiary/aromatic N) is 2. The van der Waals surface area contributed by atoms with Crippen molar-refractivity contribution in [2.75, 3.05) is 33.0 Å². The molecule has 0 aliphatic rings. The maximum Gasteiger partial charge on any atom is 0.244 e. The van der Waals surface area contributed by atoms with Crippen LogP contribution in [-0.4, -0.2) is 69.2 Å². The number of halogens is 1. The summed E-state index contributed by atoms with van der Waals surface area (Å²) in [6, 6.07) is 3.66. The first-order chi connectivity index (χ1) is 12.4. The van der Waals surface area contributed by atoms with Gasteiger partial charge in [-0.25, -0.2) is 12.7 Å². The van der Waals surface area contributed by atoms with E-state index in [1.165, 1.54) is 32.3 Å². The molecule has 10 heteroatoms. The highest BCUT2D eigenvalue weighted by atomic mass is 35.5. The summed E-state index contributed by atoms with van der Waals surface area (Å²) in [5, 5.41) is 5.49. The van der Waals surface area contributed by atoms with Gasteiger partial charge in [-0.3, -0.25) is 14.5 Å². The molecule has 0 saturated heterocycles. The first-order valence-electron chi connectivity index (χ1n) is 8.38. The maximum absolute atomic E-state index is 12.5. The van der Waals surface area contributed by atoms with E-state index in [2.05, 4.69) is 10.6 Å². The Morgan fingerprint density at radius 2 is 1.74 bits per heavy atom. The molecule has 1 atom stereocenters. The summed E-state index contributed by atoms with van der Waals surface area (Å²) in [4.78, 5) is 25.8. The summed E-state index contributed by atoms with van der Waals surface area (Å²) >= 11 is 6.00. The smallest absolute Gasteiger partial charge is 0.244 e. The molecule has 0 fully saturated rings. The summed E-state index contributed by atoms with van der Waals surface area (Å²) < 4.78 is 25.7. The molecule has 2 N–H and O–H groups in total. The summed E-state index contributed by atoms with van der Waals surface area (Å²) in [6.45, 7) is 5.43. The fourth-order valence-corrected chi connectivity index (χ4v) is 3.55. The van der Waals surface area contributed by atoms with Crippen molar-refractivity contribution < 1.29 is 18.0 Å². The van der Waals surface area contributed by atoms with Crippen LogP contribution in [0.5, 0.6) is 0 Å². The predicted octanol–water partition coefficient (Wildman–Crippen LogP) is 1.37. The normalized spacial score (nSPS) is 13.1. The molecule has 152 valence electrons. The van der Waals surface area contributed by atoms with E-state index < -0.39 is 16.1 Å². The van der Waals surface area contributed by atoms with Crippen LogP contribution >= 0.6 is 11.6 Å². The molecule has 0 aliphatic carbocycles. The highest BCUT2D eigenvalue weighted by Crippen LogP contribution is 2.27. The summed E-state index contributed by atoms with van der Waals surface area (Å²) in [5.41, 5.74) is 0.303. The van der Waals surface area contributed by atoms with Crippen molar-refractivity contribution in [2.45, 2.75) is 37.8 Å². The lowest BCUT2D eigenvalue weighted by Crippen LogP contribution is -2.46. The first kappa shape index (κ1) is 23.4. The first-order valence-corrected chi connectivity index (χ1v) is 10.2. The monoisotopic (exact) mass is 418 g/mol. The van der Waals surface area contributed by atoms with Gasteiger partial charge in [-0.05, 0) is 46.0 Å². The second-order valence-electron chi connectivity index (χ2n) is 6.74. The van der Waals surface area contributed by atoms with E-state index in [-0.39, 0.29) is 34.3 Å². The Labute approximate surface area is 165 Å². The molecule has 8 nitrogen and oxygen atoms in total. The fraction of sp³-hybridized carbons (Fsp3) is 0.529. The van der Waals surface area contributed by atoms with Crippen LogP contribution in [0.15, 0.2) is 23.1 Å². The average Bonchev–Trinajstić information content (AvgIpc) is 2.54. The van der Waals surface area contributed by atoms with Crippen LogP contribution in [0.1, 0.15) is 20.8 Å². The van der Waals surface area contributed by atoms with E-state index in [0.717, 1.165) is 4.31 Å². The summed E-state index contributed by atoms with van der Waals surface area (Å²) in [6.07, 6.45) is 0. The molecular weight excluding hydrogens is 392 g/mol. The molecule has 1 unspecified atom stereocenters. The third-order valence-corrected chi connectivity index (χ3v) is 6.14. The third-order valence-electron chi connectivity index (χ3n) is 3.84. The number of hydrogen-bond acceptors (Lipinski definition) is 5. The lowest BCUT2D eigenvalue weighted by molar-refractivity contribution is -0.125. The number of likely N-dealkylation sites (N-methyl/N-ethyl adjacent to an activating group) is 1. The highest BCUT2D eigenvalue weighted by molar-refractivity contribution is 7.89. The molecule has 0 spiro atoms. The second-order valence-corrected chi connectivity index (χ2v) is 9.26. The number of amides is 2. The molecule has 0 aliphatic heterocycles.